The summed E-state index contributed by atoms with van der Waals surface area (Å²) in [6, 6.07) is 0. The quantitative estimate of drug-likeness (QED) is 0.720. The van der Waals surface area contributed by atoms with E-state index >= 15 is 0 Å². The predicted molar refractivity (Wildman–Crippen MR) is 56.4 cm³/mol. The summed E-state index contributed by atoms with van der Waals surface area (Å²) in [5.74, 6) is 0. The molecule has 0 amide bonds. The fraction of sp³-hybridized carbons (Fsp3) is 0.800. The lowest BCUT2D eigenvalue weighted by atomic mass is 10.3. The number of hydrogen-bond acceptors (Lipinski definition) is 5. The molecule has 5 heteroatoms. The molecule has 1 saturated heterocycles. The average molecular weight is 210 g/mol. The SMILES string of the molecule is Cc1nonc1CNCCN1CCCC1. The number of hydrogen-bond donors (Lipinski definition) is 1. The van der Waals surface area contributed by atoms with Gasteiger partial charge in [-0.3, -0.25) is 0 Å². The van der Waals surface area contributed by atoms with Crippen LogP contribution in [0.5, 0.6) is 0 Å². The molecule has 0 aromatic carbocycles. The summed E-state index contributed by atoms with van der Waals surface area (Å²) in [6.07, 6.45) is 2.71. The zero-order valence-corrected chi connectivity index (χ0v) is 9.20. The molecule has 0 atom stereocenters. The zero-order chi connectivity index (χ0) is 10.5. The van der Waals surface area contributed by atoms with Gasteiger partial charge in [0.25, 0.3) is 0 Å². The summed E-state index contributed by atoms with van der Waals surface area (Å²) < 4.78 is 4.63. The molecule has 1 aromatic heterocycles. The van der Waals surface area contributed by atoms with Crippen molar-refractivity contribution in [2.24, 2.45) is 0 Å². The van der Waals surface area contributed by atoms with Gasteiger partial charge in [0.05, 0.1) is 0 Å². The van der Waals surface area contributed by atoms with E-state index in [1.54, 1.807) is 0 Å². The molecular weight excluding hydrogens is 192 g/mol. The Bertz CT molecular complexity index is 293. The minimum absolute atomic E-state index is 0.753. The average Bonchev–Trinajstić information content (AvgIpc) is 2.85. The van der Waals surface area contributed by atoms with Crippen LogP contribution < -0.4 is 5.32 Å². The third-order valence-corrected chi connectivity index (χ3v) is 2.84. The van der Waals surface area contributed by atoms with E-state index in [-0.39, 0.29) is 0 Å². The summed E-state index contributed by atoms with van der Waals surface area (Å²) in [7, 11) is 0. The van der Waals surface area contributed by atoms with E-state index in [4.69, 9.17) is 0 Å². The highest BCUT2D eigenvalue weighted by Crippen LogP contribution is 2.05. The summed E-state index contributed by atoms with van der Waals surface area (Å²) in [5, 5.41) is 10.9. The van der Waals surface area contributed by atoms with Crippen LogP contribution in [0, 0.1) is 6.92 Å². The minimum atomic E-state index is 0.753. The van der Waals surface area contributed by atoms with Gasteiger partial charge in [0, 0.05) is 19.6 Å². The molecule has 0 aliphatic carbocycles. The van der Waals surface area contributed by atoms with Gasteiger partial charge in [-0.25, -0.2) is 4.63 Å². The number of likely N-dealkylation sites (tertiary alicyclic amines) is 1. The first-order valence-electron chi connectivity index (χ1n) is 5.57. The first-order chi connectivity index (χ1) is 7.36. The van der Waals surface area contributed by atoms with Crippen LogP contribution in [0.15, 0.2) is 4.63 Å². The summed E-state index contributed by atoms with van der Waals surface area (Å²) in [5.41, 5.74) is 1.79. The van der Waals surface area contributed by atoms with Crippen LogP contribution in [0.3, 0.4) is 0 Å². The highest BCUT2D eigenvalue weighted by atomic mass is 16.6. The molecule has 1 aromatic rings. The fourth-order valence-electron chi connectivity index (χ4n) is 1.86. The number of nitrogens with one attached hydrogen (secondary N) is 1. The molecule has 1 aliphatic heterocycles. The molecule has 1 N–H and O–H groups in total. The van der Waals surface area contributed by atoms with Crippen molar-refractivity contribution < 1.29 is 4.63 Å². The van der Waals surface area contributed by atoms with E-state index in [1.165, 1.54) is 25.9 Å². The molecule has 1 fully saturated rings. The molecule has 1 aliphatic rings. The fourth-order valence-corrected chi connectivity index (χ4v) is 1.86. The number of aryl methyl sites for hydroxylation is 1. The highest BCUT2D eigenvalue weighted by Gasteiger charge is 2.10. The number of aromatic nitrogens is 2. The molecule has 0 saturated carbocycles. The second-order valence-corrected chi connectivity index (χ2v) is 4.02. The molecule has 2 heterocycles. The maximum Gasteiger partial charge on any atom is 0.121 e. The lowest BCUT2D eigenvalue weighted by Gasteiger charge is -2.14. The van der Waals surface area contributed by atoms with Crippen LogP contribution in [0.4, 0.5) is 0 Å². The summed E-state index contributed by atoms with van der Waals surface area (Å²) in [4.78, 5) is 2.49. The van der Waals surface area contributed by atoms with E-state index in [2.05, 4.69) is 25.2 Å². The summed E-state index contributed by atoms with van der Waals surface area (Å²) >= 11 is 0. The molecule has 0 unspecified atom stereocenters. The molecule has 2 rings (SSSR count). The maximum atomic E-state index is 4.63. The largest absolute Gasteiger partial charge is 0.310 e. The van der Waals surface area contributed by atoms with Crippen LogP contribution in [0.25, 0.3) is 0 Å². The van der Waals surface area contributed by atoms with Gasteiger partial charge in [0.2, 0.25) is 0 Å². The topological polar surface area (TPSA) is 54.2 Å². The van der Waals surface area contributed by atoms with Crippen LogP contribution in [0.2, 0.25) is 0 Å². The number of nitrogens with zero attached hydrogens (tertiary/aromatic N) is 3. The van der Waals surface area contributed by atoms with E-state index < -0.39 is 0 Å². The van der Waals surface area contributed by atoms with Gasteiger partial charge in [0.1, 0.15) is 11.4 Å². The third kappa shape index (κ3) is 3.00. The van der Waals surface area contributed by atoms with Gasteiger partial charge in [-0.1, -0.05) is 10.3 Å². The Morgan fingerprint density at radius 2 is 2.13 bits per heavy atom. The lowest BCUT2D eigenvalue weighted by molar-refractivity contribution is 0.299. The predicted octanol–water partition coefficient (Wildman–Crippen LogP) is 0.563. The molecule has 84 valence electrons. The molecule has 15 heavy (non-hydrogen) atoms. The van der Waals surface area contributed by atoms with E-state index in [0.29, 0.717) is 0 Å². The Kier molecular flexibility index (Phi) is 3.69. The van der Waals surface area contributed by atoms with E-state index in [1.807, 2.05) is 6.92 Å². The van der Waals surface area contributed by atoms with Crippen molar-refractivity contribution in [2.45, 2.75) is 26.3 Å². The van der Waals surface area contributed by atoms with Crippen molar-refractivity contribution in [2.75, 3.05) is 26.2 Å². The Hall–Kier alpha value is -0.940. The third-order valence-electron chi connectivity index (χ3n) is 2.84. The summed E-state index contributed by atoms with van der Waals surface area (Å²) in [6.45, 7) is 7.31. The van der Waals surface area contributed by atoms with Crippen molar-refractivity contribution in [1.82, 2.24) is 20.5 Å². The first-order valence-corrected chi connectivity index (χ1v) is 5.57. The molecule has 0 bridgehead atoms. The molecule has 0 radical (unpaired) electrons. The van der Waals surface area contributed by atoms with Gasteiger partial charge < -0.3 is 10.2 Å². The normalized spacial score (nSPS) is 17.4. The second-order valence-electron chi connectivity index (χ2n) is 4.02. The standard InChI is InChI=1S/C10H18N4O/c1-9-10(13-15-12-9)8-11-4-7-14-5-2-3-6-14/h11H,2-8H2,1H3. The van der Waals surface area contributed by atoms with Gasteiger partial charge in [-0.05, 0) is 32.9 Å². The van der Waals surface area contributed by atoms with Crippen LogP contribution in [-0.4, -0.2) is 41.4 Å². The van der Waals surface area contributed by atoms with Crippen molar-refractivity contribution >= 4 is 0 Å². The Morgan fingerprint density at radius 3 is 2.80 bits per heavy atom. The molecule has 0 spiro atoms. The Labute approximate surface area is 89.8 Å². The van der Waals surface area contributed by atoms with Crippen molar-refractivity contribution in [1.29, 1.82) is 0 Å². The zero-order valence-electron chi connectivity index (χ0n) is 9.20. The maximum absolute atomic E-state index is 4.63. The minimum Gasteiger partial charge on any atom is -0.310 e. The van der Waals surface area contributed by atoms with Gasteiger partial charge in [-0.2, -0.15) is 0 Å². The highest BCUT2D eigenvalue weighted by molar-refractivity contribution is 5.03. The molecule has 5 nitrogen and oxygen atoms in total. The van der Waals surface area contributed by atoms with E-state index in [9.17, 15) is 0 Å². The monoisotopic (exact) mass is 210 g/mol. The number of rotatable bonds is 5. The lowest BCUT2D eigenvalue weighted by Crippen LogP contribution is -2.29. The van der Waals surface area contributed by atoms with Gasteiger partial charge >= 0.3 is 0 Å². The Balaban J connectivity index is 1.60. The smallest absolute Gasteiger partial charge is 0.121 e. The van der Waals surface area contributed by atoms with Crippen LogP contribution in [-0.2, 0) is 6.54 Å². The van der Waals surface area contributed by atoms with Gasteiger partial charge in [-0.15, -0.1) is 0 Å². The van der Waals surface area contributed by atoms with E-state index in [0.717, 1.165) is 31.0 Å². The first kappa shape index (κ1) is 10.6. The Morgan fingerprint density at radius 1 is 1.33 bits per heavy atom. The van der Waals surface area contributed by atoms with Crippen molar-refractivity contribution in [3.05, 3.63) is 11.4 Å². The van der Waals surface area contributed by atoms with Crippen LogP contribution >= 0.6 is 0 Å². The van der Waals surface area contributed by atoms with Crippen LogP contribution in [0.1, 0.15) is 24.2 Å². The van der Waals surface area contributed by atoms with Crippen molar-refractivity contribution in [3.8, 4) is 0 Å². The molecular formula is C10H18N4O. The second kappa shape index (κ2) is 5.23. The van der Waals surface area contributed by atoms with Gasteiger partial charge in [0.15, 0.2) is 0 Å². The van der Waals surface area contributed by atoms with Crippen molar-refractivity contribution in [3.63, 3.8) is 0 Å².